The maximum absolute atomic E-state index is 9.04. The largest absolute Gasteiger partial charge is 0.493 e. The van der Waals surface area contributed by atoms with Gasteiger partial charge in [0.1, 0.15) is 5.75 Å². The van der Waals surface area contributed by atoms with E-state index in [1.165, 1.54) is 12.8 Å². The Morgan fingerprint density at radius 2 is 2.06 bits per heavy atom. The van der Waals surface area contributed by atoms with Gasteiger partial charge in [0.25, 0.3) is 0 Å². The Balaban J connectivity index is 1.82. The molecule has 0 aromatic heterocycles. The first-order valence-corrected chi connectivity index (χ1v) is 6.55. The molecule has 3 nitrogen and oxygen atoms in total. The summed E-state index contributed by atoms with van der Waals surface area (Å²) in [5, 5.41) is 12.4. The number of nitrogens with one attached hydrogen (secondary N) is 1. The van der Waals surface area contributed by atoms with Crippen molar-refractivity contribution in [2.45, 2.75) is 45.2 Å². The maximum Gasteiger partial charge on any atom is 0.125 e. The molecule has 3 heteroatoms. The van der Waals surface area contributed by atoms with Crippen LogP contribution in [-0.2, 0) is 0 Å². The lowest BCUT2D eigenvalue weighted by Crippen LogP contribution is -2.31. The van der Waals surface area contributed by atoms with Crippen LogP contribution in [0.2, 0.25) is 0 Å². The second-order valence-corrected chi connectivity index (χ2v) is 4.98. The average molecular weight is 244 g/mol. The van der Waals surface area contributed by atoms with Crippen molar-refractivity contribution in [1.82, 2.24) is 5.32 Å². The lowest BCUT2D eigenvalue weighted by molar-refractivity contribution is 0.294. The molecule has 1 aliphatic rings. The minimum Gasteiger partial charge on any atom is -0.493 e. The highest BCUT2D eigenvalue weighted by Gasteiger charge is 2.24. The molecular formula is C15H20N2O. The number of aryl methyl sites for hydroxylation is 2. The monoisotopic (exact) mass is 244 g/mol. The third-order valence-corrected chi connectivity index (χ3v) is 3.23. The van der Waals surface area contributed by atoms with Gasteiger partial charge in [-0.2, -0.15) is 5.26 Å². The van der Waals surface area contributed by atoms with E-state index < -0.39 is 0 Å². The van der Waals surface area contributed by atoms with Gasteiger partial charge in [-0.3, -0.25) is 5.32 Å². The van der Waals surface area contributed by atoms with Gasteiger partial charge in [-0.25, -0.2) is 0 Å². The SMILES string of the molecule is Cc1cccc(C)c1OCCC(C#N)NC1CC1. The number of benzene rings is 1. The van der Waals surface area contributed by atoms with Gasteiger partial charge in [-0.15, -0.1) is 0 Å². The highest BCUT2D eigenvalue weighted by molar-refractivity contribution is 5.39. The Hall–Kier alpha value is -1.53. The molecule has 1 aromatic carbocycles. The second-order valence-electron chi connectivity index (χ2n) is 4.98. The second kappa shape index (κ2) is 5.88. The average Bonchev–Trinajstić information content (AvgIpc) is 3.15. The third kappa shape index (κ3) is 3.48. The van der Waals surface area contributed by atoms with Crippen LogP contribution in [0.5, 0.6) is 5.75 Å². The molecule has 0 amide bonds. The van der Waals surface area contributed by atoms with E-state index in [0.29, 0.717) is 12.6 Å². The van der Waals surface area contributed by atoms with Gasteiger partial charge < -0.3 is 4.74 Å². The third-order valence-electron chi connectivity index (χ3n) is 3.23. The molecular weight excluding hydrogens is 224 g/mol. The van der Waals surface area contributed by atoms with Crippen molar-refractivity contribution in [3.8, 4) is 11.8 Å². The van der Waals surface area contributed by atoms with Crippen molar-refractivity contribution in [1.29, 1.82) is 5.26 Å². The Morgan fingerprint density at radius 3 is 2.61 bits per heavy atom. The number of rotatable bonds is 6. The Labute approximate surface area is 109 Å². The van der Waals surface area contributed by atoms with Crippen LogP contribution < -0.4 is 10.1 Å². The zero-order valence-corrected chi connectivity index (χ0v) is 11.1. The van der Waals surface area contributed by atoms with E-state index in [-0.39, 0.29) is 6.04 Å². The Morgan fingerprint density at radius 1 is 1.39 bits per heavy atom. The van der Waals surface area contributed by atoms with Gasteiger partial charge in [-0.1, -0.05) is 18.2 Å². The van der Waals surface area contributed by atoms with Crippen LogP contribution in [0.15, 0.2) is 18.2 Å². The molecule has 1 fully saturated rings. The molecule has 0 spiro atoms. The van der Waals surface area contributed by atoms with Crippen LogP contribution in [0, 0.1) is 25.2 Å². The van der Waals surface area contributed by atoms with E-state index in [1.807, 2.05) is 32.0 Å². The fourth-order valence-corrected chi connectivity index (χ4v) is 2.03. The number of ether oxygens (including phenoxy) is 1. The molecule has 1 unspecified atom stereocenters. The first-order chi connectivity index (χ1) is 8.70. The van der Waals surface area contributed by atoms with Gasteiger partial charge in [0.15, 0.2) is 0 Å². The summed E-state index contributed by atoms with van der Waals surface area (Å²) < 4.78 is 5.81. The van der Waals surface area contributed by atoms with E-state index >= 15 is 0 Å². The number of hydrogen-bond donors (Lipinski definition) is 1. The summed E-state index contributed by atoms with van der Waals surface area (Å²) >= 11 is 0. The molecule has 1 saturated carbocycles. The molecule has 1 atom stereocenters. The van der Waals surface area contributed by atoms with Crippen molar-refractivity contribution >= 4 is 0 Å². The smallest absolute Gasteiger partial charge is 0.125 e. The van der Waals surface area contributed by atoms with E-state index in [9.17, 15) is 0 Å². The summed E-state index contributed by atoms with van der Waals surface area (Å²) in [6.45, 7) is 4.68. The molecule has 1 aromatic rings. The van der Waals surface area contributed by atoms with Crippen LogP contribution in [0.4, 0.5) is 0 Å². The standard InChI is InChI=1S/C15H20N2O/c1-11-4-3-5-12(2)15(11)18-9-8-14(10-16)17-13-6-7-13/h3-5,13-14,17H,6-9H2,1-2H3. The quantitative estimate of drug-likeness (QED) is 0.836. The molecule has 0 saturated heterocycles. The Kier molecular flexibility index (Phi) is 4.22. The first kappa shape index (κ1) is 12.9. The molecule has 2 rings (SSSR count). The number of hydrogen-bond acceptors (Lipinski definition) is 3. The van der Waals surface area contributed by atoms with Gasteiger partial charge in [0, 0.05) is 12.5 Å². The minimum atomic E-state index is -0.0816. The first-order valence-electron chi connectivity index (χ1n) is 6.55. The highest BCUT2D eigenvalue weighted by atomic mass is 16.5. The molecule has 0 aliphatic heterocycles. The summed E-state index contributed by atoms with van der Waals surface area (Å²) in [4.78, 5) is 0. The molecule has 1 aliphatic carbocycles. The van der Waals surface area contributed by atoms with Crippen LogP contribution >= 0.6 is 0 Å². The van der Waals surface area contributed by atoms with Gasteiger partial charge in [0.2, 0.25) is 0 Å². The van der Waals surface area contributed by atoms with Gasteiger partial charge in [-0.05, 0) is 37.8 Å². The predicted octanol–water partition coefficient (Wildman–Crippen LogP) is 2.72. The molecule has 0 radical (unpaired) electrons. The normalized spacial score (nSPS) is 16.1. The van der Waals surface area contributed by atoms with E-state index in [0.717, 1.165) is 23.3 Å². The van der Waals surface area contributed by atoms with E-state index in [2.05, 4.69) is 11.4 Å². The lowest BCUT2D eigenvalue weighted by Gasteiger charge is -2.14. The minimum absolute atomic E-state index is 0.0816. The van der Waals surface area contributed by atoms with Crippen LogP contribution in [-0.4, -0.2) is 18.7 Å². The van der Waals surface area contributed by atoms with Crippen molar-refractivity contribution in [3.05, 3.63) is 29.3 Å². The highest BCUT2D eigenvalue weighted by Crippen LogP contribution is 2.23. The number of nitriles is 1. The Bertz CT molecular complexity index is 426. The van der Waals surface area contributed by atoms with Crippen molar-refractivity contribution in [2.24, 2.45) is 0 Å². The van der Waals surface area contributed by atoms with Gasteiger partial charge >= 0.3 is 0 Å². The van der Waals surface area contributed by atoms with E-state index in [1.54, 1.807) is 0 Å². The fourth-order valence-electron chi connectivity index (χ4n) is 2.03. The zero-order valence-electron chi connectivity index (χ0n) is 11.1. The molecule has 1 N–H and O–H groups in total. The maximum atomic E-state index is 9.04. The molecule has 18 heavy (non-hydrogen) atoms. The van der Waals surface area contributed by atoms with Crippen molar-refractivity contribution < 1.29 is 4.74 Å². The summed E-state index contributed by atoms with van der Waals surface area (Å²) in [7, 11) is 0. The van der Waals surface area contributed by atoms with Crippen LogP contribution in [0.25, 0.3) is 0 Å². The number of para-hydroxylation sites is 1. The van der Waals surface area contributed by atoms with Crippen LogP contribution in [0.1, 0.15) is 30.4 Å². The van der Waals surface area contributed by atoms with Crippen LogP contribution in [0.3, 0.4) is 0 Å². The topological polar surface area (TPSA) is 45.0 Å². The number of nitrogens with zero attached hydrogens (tertiary/aromatic N) is 1. The summed E-state index contributed by atoms with van der Waals surface area (Å²) in [6, 6.07) is 8.91. The molecule has 0 bridgehead atoms. The predicted molar refractivity (Wildman–Crippen MR) is 71.6 cm³/mol. The van der Waals surface area contributed by atoms with Gasteiger partial charge in [0.05, 0.1) is 18.7 Å². The van der Waals surface area contributed by atoms with Crippen molar-refractivity contribution in [2.75, 3.05) is 6.61 Å². The fraction of sp³-hybridized carbons (Fsp3) is 0.533. The molecule has 0 heterocycles. The lowest BCUT2D eigenvalue weighted by atomic mass is 10.1. The summed E-state index contributed by atoms with van der Waals surface area (Å²) in [5.41, 5.74) is 2.30. The van der Waals surface area contributed by atoms with Crippen molar-refractivity contribution in [3.63, 3.8) is 0 Å². The van der Waals surface area contributed by atoms with E-state index in [4.69, 9.17) is 10.00 Å². The summed E-state index contributed by atoms with van der Waals surface area (Å²) in [6.07, 6.45) is 3.15. The summed E-state index contributed by atoms with van der Waals surface area (Å²) in [5.74, 6) is 0.959. The zero-order chi connectivity index (χ0) is 13.0. The molecule has 96 valence electrons.